The second-order valence-corrected chi connectivity index (χ2v) is 7.11. The van der Waals surface area contributed by atoms with Gasteiger partial charge in [-0.1, -0.05) is 30.3 Å². The Morgan fingerprint density at radius 1 is 1.11 bits per heavy atom. The first-order chi connectivity index (χ1) is 13.0. The van der Waals surface area contributed by atoms with Crippen molar-refractivity contribution in [3.63, 3.8) is 0 Å². The third kappa shape index (κ3) is 3.40. The zero-order valence-electron chi connectivity index (χ0n) is 14.5. The van der Waals surface area contributed by atoms with Crippen molar-refractivity contribution in [3.05, 3.63) is 65.2 Å². The van der Waals surface area contributed by atoms with E-state index in [1.807, 2.05) is 30.3 Å². The molecule has 0 aliphatic carbocycles. The Hall–Kier alpha value is -2.52. The normalized spacial score (nSPS) is 27.0. The first-order valence-corrected chi connectivity index (χ1v) is 9.02. The fourth-order valence-electron chi connectivity index (χ4n) is 4.17. The number of anilines is 1. The highest BCUT2D eigenvalue weighted by Gasteiger charge is 2.43. The Morgan fingerprint density at radius 2 is 1.89 bits per heavy atom. The van der Waals surface area contributed by atoms with E-state index in [0.29, 0.717) is 11.3 Å². The zero-order valence-corrected chi connectivity index (χ0v) is 14.5. The topological polar surface area (TPSA) is 45.0 Å². The molecule has 2 heterocycles. The van der Waals surface area contributed by atoms with Gasteiger partial charge < -0.3 is 10.1 Å². The van der Waals surface area contributed by atoms with Gasteiger partial charge in [-0.25, -0.2) is 0 Å². The van der Waals surface area contributed by atoms with E-state index in [9.17, 15) is 13.2 Å². The van der Waals surface area contributed by atoms with Crippen LogP contribution in [0.1, 0.15) is 48.1 Å². The number of rotatable bonds is 2. The summed E-state index contributed by atoms with van der Waals surface area (Å²) in [4.78, 5) is 0. The molecule has 140 valence electrons. The Morgan fingerprint density at radius 3 is 2.59 bits per heavy atom. The van der Waals surface area contributed by atoms with E-state index in [4.69, 9.17) is 10.00 Å². The van der Waals surface area contributed by atoms with Crippen molar-refractivity contribution in [2.45, 2.75) is 43.7 Å². The van der Waals surface area contributed by atoms with Crippen LogP contribution in [0.3, 0.4) is 0 Å². The quantitative estimate of drug-likeness (QED) is 0.744. The highest BCUT2D eigenvalue weighted by molar-refractivity contribution is 5.58. The second-order valence-electron chi connectivity index (χ2n) is 7.11. The molecule has 0 amide bonds. The lowest BCUT2D eigenvalue weighted by atomic mass is 9.76. The third-order valence-corrected chi connectivity index (χ3v) is 5.45. The van der Waals surface area contributed by atoms with Crippen LogP contribution in [-0.4, -0.2) is 6.10 Å². The summed E-state index contributed by atoms with van der Waals surface area (Å²) in [5, 5.41) is 12.4. The number of fused-ring (bicyclic) bond motifs is 3. The number of hydrogen-bond acceptors (Lipinski definition) is 3. The first kappa shape index (κ1) is 17.9. The van der Waals surface area contributed by atoms with Gasteiger partial charge in [0.05, 0.1) is 36.3 Å². The Labute approximate surface area is 155 Å². The molecular weight excluding hydrogens is 353 g/mol. The maximum absolute atomic E-state index is 13.2. The summed E-state index contributed by atoms with van der Waals surface area (Å²) in [5.41, 5.74) is 1.60. The summed E-state index contributed by atoms with van der Waals surface area (Å²) in [6, 6.07) is 15.7. The van der Waals surface area contributed by atoms with E-state index in [1.165, 1.54) is 12.1 Å². The molecule has 2 aliphatic rings. The highest BCUT2D eigenvalue weighted by Crippen LogP contribution is 2.51. The summed E-state index contributed by atoms with van der Waals surface area (Å²) < 4.78 is 45.8. The number of benzene rings is 2. The molecule has 1 saturated heterocycles. The van der Waals surface area contributed by atoms with E-state index in [0.717, 1.165) is 24.5 Å². The fraction of sp³-hybridized carbons (Fsp3) is 0.381. The zero-order chi connectivity index (χ0) is 19.0. The van der Waals surface area contributed by atoms with Crippen LogP contribution >= 0.6 is 0 Å². The molecule has 4 atom stereocenters. The monoisotopic (exact) mass is 372 g/mol. The van der Waals surface area contributed by atoms with Gasteiger partial charge in [0.25, 0.3) is 0 Å². The van der Waals surface area contributed by atoms with Gasteiger partial charge in [-0.2, -0.15) is 18.4 Å². The number of ether oxygens (including phenoxy) is 1. The molecule has 1 fully saturated rings. The maximum atomic E-state index is 13.2. The standard InChI is InChI=1S/C21H19F3N2O/c22-21(23,24)14-6-9-18-17(12-14)20-16(8-7-15(27-20)10-11-25)19(26-18)13-4-2-1-3-5-13/h1-6,9,12,15-16,19-20,26H,7-8,10H2/t15-,16?,19+,20+/m1/s1. The predicted octanol–water partition coefficient (Wildman–Crippen LogP) is 5.62. The number of halogens is 3. The lowest BCUT2D eigenvalue weighted by molar-refractivity contribution is -0.138. The predicted molar refractivity (Wildman–Crippen MR) is 94.8 cm³/mol. The summed E-state index contributed by atoms with van der Waals surface area (Å²) in [6.45, 7) is 0. The van der Waals surface area contributed by atoms with Crippen molar-refractivity contribution < 1.29 is 17.9 Å². The molecule has 2 aromatic rings. The third-order valence-electron chi connectivity index (χ3n) is 5.45. The largest absolute Gasteiger partial charge is 0.416 e. The van der Waals surface area contributed by atoms with Gasteiger partial charge in [0, 0.05) is 17.2 Å². The molecule has 0 saturated carbocycles. The molecule has 4 rings (SSSR count). The van der Waals surface area contributed by atoms with Crippen LogP contribution in [0, 0.1) is 17.2 Å². The smallest absolute Gasteiger partial charge is 0.378 e. The SMILES string of the molecule is N#CC[C@H]1CCC2[C@H](O1)c1cc(C(F)(F)F)ccc1N[C@H]2c1ccccc1. The van der Waals surface area contributed by atoms with Crippen molar-refractivity contribution >= 4 is 5.69 Å². The molecule has 2 aliphatic heterocycles. The average molecular weight is 372 g/mol. The molecule has 1 N–H and O–H groups in total. The molecule has 1 unspecified atom stereocenters. The minimum atomic E-state index is -4.40. The van der Waals surface area contributed by atoms with E-state index in [1.54, 1.807) is 0 Å². The van der Waals surface area contributed by atoms with Gasteiger partial charge in [-0.05, 0) is 36.6 Å². The van der Waals surface area contributed by atoms with Gasteiger partial charge in [0.15, 0.2) is 0 Å². The number of nitrogens with zero attached hydrogens (tertiary/aromatic N) is 1. The Balaban J connectivity index is 1.76. The molecule has 3 nitrogen and oxygen atoms in total. The van der Waals surface area contributed by atoms with E-state index in [-0.39, 0.29) is 24.5 Å². The van der Waals surface area contributed by atoms with E-state index in [2.05, 4.69) is 11.4 Å². The number of nitrogens with one attached hydrogen (secondary N) is 1. The van der Waals surface area contributed by atoms with Crippen molar-refractivity contribution in [2.24, 2.45) is 5.92 Å². The van der Waals surface area contributed by atoms with Crippen LogP contribution in [0.2, 0.25) is 0 Å². The molecular formula is C21H19F3N2O. The molecule has 0 bridgehead atoms. The van der Waals surface area contributed by atoms with Crippen molar-refractivity contribution in [2.75, 3.05) is 5.32 Å². The molecule has 2 aromatic carbocycles. The van der Waals surface area contributed by atoms with Crippen molar-refractivity contribution in [1.82, 2.24) is 0 Å². The van der Waals surface area contributed by atoms with Crippen LogP contribution in [0.15, 0.2) is 48.5 Å². The molecule has 0 aromatic heterocycles. The Kier molecular flexibility index (Phi) is 4.56. The van der Waals surface area contributed by atoms with Gasteiger partial charge in [0.1, 0.15) is 0 Å². The van der Waals surface area contributed by atoms with E-state index < -0.39 is 17.8 Å². The van der Waals surface area contributed by atoms with Crippen LogP contribution < -0.4 is 5.32 Å². The summed E-state index contributed by atoms with van der Waals surface area (Å²) in [6.07, 6.45) is -3.33. The number of alkyl halides is 3. The van der Waals surface area contributed by atoms with Crippen LogP contribution in [0.4, 0.5) is 18.9 Å². The summed E-state index contributed by atoms with van der Waals surface area (Å²) >= 11 is 0. The first-order valence-electron chi connectivity index (χ1n) is 9.02. The van der Waals surface area contributed by atoms with Gasteiger partial charge in [-0.3, -0.25) is 0 Å². The number of hydrogen-bond donors (Lipinski definition) is 1. The van der Waals surface area contributed by atoms with Crippen LogP contribution in [0.5, 0.6) is 0 Å². The fourth-order valence-corrected chi connectivity index (χ4v) is 4.17. The molecule has 6 heteroatoms. The van der Waals surface area contributed by atoms with Crippen LogP contribution in [0.25, 0.3) is 0 Å². The highest BCUT2D eigenvalue weighted by atomic mass is 19.4. The van der Waals surface area contributed by atoms with Gasteiger partial charge in [0.2, 0.25) is 0 Å². The van der Waals surface area contributed by atoms with Crippen molar-refractivity contribution in [3.8, 4) is 6.07 Å². The lowest BCUT2D eigenvalue weighted by Gasteiger charge is -2.45. The summed E-state index contributed by atoms with van der Waals surface area (Å²) in [7, 11) is 0. The molecule has 0 radical (unpaired) electrons. The Bertz CT molecular complexity index is 860. The lowest BCUT2D eigenvalue weighted by Crippen LogP contribution is -2.39. The molecule has 27 heavy (non-hydrogen) atoms. The van der Waals surface area contributed by atoms with E-state index >= 15 is 0 Å². The average Bonchev–Trinajstić information content (AvgIpc) is 2.67. The van der Waals surface area contributed by atoms with Crippen LogP contribution in [-0.2, 0) is 10.9 Å². The minimum absolute atomic E-state index is 0.0123. The maximum Gasteiger partial charge on any atom is 0.416 e. The second kappa shape index (κ2) is 6.90. The number of nitriles is 1. The van der Waals surface area contributed by atoms with Gasteiger partial charge >= 0.3 is 6.18 Å². The van der Waals surface area contributed by atoms with Gasteiger partial charge in [-0.15, -0.1) is 0 Å². The summed E-state index contributed by atoms with van der Waals surface area (Å²) in [5.74, 6) is 0.0123. The molecule has 0 spiro atoms. The van der Waals surface area contributed by atoms with Crippen molar-refractivity contribution in [1.29, 1.82) is 5.26 Å². The minimum Gasteiger partial charge on any atom is -0.378 e.